The summed E-state index contributed by atoms with van der Waals surface area (Å²) in [5, 5.41) is 4.66. The summed E-state index contributed by atoms with van der Waals surface area (Å²) < 4.78 is 16.2. The Labute approximate surface area is 164 Å². The molecule has 1 aromatic carbocycles. The van der Waals surface area contributed by atoms with Crippen LogP contribution in [0.3, 0.4) is 0 Å². The minimum absolute atomic E-state index is 0.0528. The topological polar surface area (TPSA) is 46.3 Å². The van der Waals surface area contributed by atoms with Crippen LogP contribution in [0.5, 0.6) is 0 Å². The van der Waals surface area contributed by atoms with E-state index >= 15 is 0 Å². The summed E-state index contributed by atoms with van der Waals surface area (Å²) in [6.45, 7) is 3.79. The van der Waals surface area contributed by atoms with Crippen LogP contribution in [-0.2, 0) is 0 Å². The van der Waals surface area contributed by atoms with Gasteiger partial charge in [-0.2, -0.15) is 14.5 Å². The van der Waals surface area contributed by atoms with Gasteiger partial charge >= 0.3 is 0 Å². The van der Waals surface area contributed by atoms with Crippen molar-refractivity contribution < 1.29 is 4.39 Å². The molecule has 1 aliphatic rings. The van der Waals surface area contributed by atoms with Gasteiger partial charge in [0.25, 0.3) is 5.78 Å². The Morgan fingerprint density at radius 2 is 1.81 bits per heavy atom. The van der Waals surface area contributed by atoms with Crippen LogP contribution in [0, 0.1) is 11.7 Å². The van der Waals surface area contributed by atoms with E-state index in [2.05, 4.69) is 26.9 Å². The molecule has 3 heterocycles. The van der Waals surface area contributed by atoms with Gasteiger partial charge < -0.3 is 4.90 Å². The molecule has 3 aromatic rings. The number of fused-ring (bicyclic) bond motifs is 1. The van der Waals surface area contributed by atoms with Gasteiger partial charge in [-0.05, 0) is 42.5 Å². The largest absolute Gasteiger partial charge is 0.356 e. The van der Waals surface area contributed by atoms with E-state index < -0.39 is 5.82 Å². The average Bonchev–Trinajstić information content (AvgIpc) is 2.95. The maximum atomic E-state index is 14.7. The van der Waals surface area contributed by atoms with E-state index in [1.165, 1.54) is 10.6 Å². The second-order valence-corrected chi connectivity index (χ2v) is 7.56. The molecule has 0 bridgehead atoms. The molecule has 1 aliphatic heterocycles. The molecule has 2 aromatic heterocycles. The number of piperidine rings is 1. The van der Waals surface area contributed by atoms with Crippen LogP contribution in [-0.4, -0.2) is 32.7 Å². The lowest BCUT2D eigenvalue weighted by atomic mass is 9.98. The van der Waals surface area contributed by atoms with Crippen molar-refractivity contribution in [3.05, 3.63) is 39.5 Å². The first-order chi connectivity index (χ1) is 12.5. The molecule has 0 N–H and O–H groups in total. The van der Waals surface area contributed by atoms with E-state index in [1.54, 1.807) is 12.1 Å². The molecule has 26 heavy (non-hydrogen) atoms. The number of benzene rings is 1. The fraction of sp³-hybridized carbons (Fsp3) is 0.353. The maximum Gasteiger partial charge on any atom is 0.256 e. The van der Waals surface area contributed by atoms with Crippen molar-refractivity contribution in [3.8, 4) is 11.1 Å². The summed E-state index contributed by atoms with van der Waals surface area (Å²) in [6.07, 6.45) is 2.02. The number of hydrogen-bond acceptors (Lipinski definition) is 4. The third kappa shape index (κ3) is 3.00. The van der Waals surface area contributed by atoms with Crippen LogP contribution in [0.4, 0.5) is 10.2 Å². The van der Waals surface area contributed by atoms with E-state index in [4.69, 9.17) is 34.8 Å². The summed E-state index contributed by atoms with van der Waals surface area (Å²) in [4.78, 5) is 10.5. The third-order valence-corrected chi connectivity index (χ3v) is 5.44. The lowest BCUT2D eigenvalue weighted by molar-refractivity contribution is 0.435. The lowest BCUT2D eigenvalue weighted by Gasteiger charge is -2.33. The molecule has 0 unspecified atom stereocenters. The van der Waals surface area contributed by atoms with Gasteiger partial charge in [-0.1, -0.05) is 36.2 Å². The summed E-state index contributed by atoms with van der Waals surface area (Å²) in [5.74, 6) is 1.03. The Morgan fingerprint density at radius 1 is 1.08 bits per heavy atom. The van der Waals surface area contributed by atoms with Crippen molar-refractivity contribution in [1.29, 1.82) is 0 Å². The van der Waals surface area contributed by atoms with E-state index in [9.17, 15) is 4.39 Å². The quantitative estimate of drug-likeness (QED) is 0.546. The smallest absolute Gasteiger partial charge is 0.256 e. The fourth-order valence-electron chi connectivity index (χ4n) is 3.30. The van der Waals surface area contributed by atoms with Crippen molar-refractivity contribution in [2.75, 3.05) is 18.0 Å². The normalized spacial score (nSPS) is 15.8. The van der Waals surface area contributed by atoms with E-state index in [0.717, 1.165) is 25.9 Å². The molecular weight excluding hydrogens is 400 g/mol. The zero-order valence-electron chi connectivity index (χ0n) is 13.9. The summed E-state index contributed by atoms with van der Waals surface area (Å²) in [6, 6.07) is 4.52. The number of rotatable bonds is 2. The standard InChI is InChI=1S/C17H15Cl3FN5/c1-9-5-7-25(8-6-9)15-13(12-10(18)3-2-4-11(12)21)14(19)22-17-23-16(20)24-26(15)17/h2-4,9H,5-8H2,1H3. The molecule has 136 valence electrons. The SMILES string of the molecule is CC1CCN(c2c(-c3c(F)cccc3Cl)c(Cl)nc3nc(Cl)nn23)CC1. The number of hydrogen-bond donors (Lipinski definition) is 0. The minimum Gasteiger partial charge on any atom is -0.356 e. The van der Waals surface area contributed by atoms with Crippen molar-refractivity contribution in [3.63, 3.8) is 0 Å². The summed E-state index contributed by atoms with van der Waals surface area (Å²) >= 11 is 18.8. The third-order valence-electron chi connectivity index (χ3n) is 4.69. The molecule has 0 radical (unpaired) electrons. The van der Waals surface area contributed by atoms with E-state index in [1.807, 2.05) is 0 Å². The first-order valence-corrected chi connectivity index (χ1v) is 9.40. The van der Waals surface area contributed by atoms with Gasteiger partial charge in [0, 0.05) is 18.7 Å². The van der Waals surface area contributed by atoms with Crippen molar-refractivity contribution in [1.82, 2.24) is 19.6 Å². The van der Waals surface area contributed by atoms with Gasteiger partial charge in [0.15, 0.2) is 0 Å². The van der Waals surface area contributed by atoms with Gasteiger partial charge in [-0.15, -0.1) is 5.10 Å². The highest BCUT2D eigenvalue weighted by Gasteiger charge is 2.28. The molecule has 5 nitrogen and oxygen atoms in total. The average molecular weight is 415 g/mol. The fourth-order valence-corrected chi connectivity index (χ4v) is 3.96. The van der Waals surface area contributed by atoms with Crippen molar-refractivity contribution >= 4 is 46.4 Å². The zero-order chi connectivity index (χ0) is 18.4. The molecule has 0 atom stereocenters. The van der Waals surface area contributed by atoms with Gasteiger partial charge in [0.1, 0.15) is 16.8 Å². The van der Waals surface area contributed by atoms with Crippen molar-refractivity contribution in [2.45, 2.75) is 19.8 Å². The minimum atomic E-state index is -0.474. The molecule has 0 amide bonds. The zero-order valence-corrected chi connectivity index (χ0v) is 16.2. The van der Waals surface area contributed by atoms with Crippen LogP contribution in [0.2, 0.25) is 15.5 Å². The van der Waals surface area contributed by atoms with Crippen molar-refractivity contribution in [2.24, 2.45) is 5.92 Å². The molecule has 1 saturated heterocycles. The number of nitrogens with zero attached hydrogens (tertiary/aromatic N) is 5. The molecule has 0 aliphatic carbocycles. The molecule has 4 rings (SSSR count). The second-order valence-electron chi connectivity index (χ2n) is 6.46. The molecule has 0 saturated carbocycles. The monoisotopic (exact) mass is 413 g/mol. The first-order valence-electron chi connectivity index (χ1n) is 8.27. The summed E-state index contributed by atoms with van der Waals surface area (Å²) in [7, 11) is 0. The molecule has 9 heteroatoms. The number of anilines is 1. The highest BCUT2D eigenvalue weighted by atomic mass is 35.5. The molecule has 0 spiro atoms. The molecular formula is C17H15Cl3FN5. The van der Waals surface area contributed by atoms with Crippen LogP contribution in [0.15, 0.2) is 18.2 Å². The van der Waals surface area contributed by atoms with Crippen LogP contribution in [0.25, 0.3) is 16.9 Å². The number of aromatic nitrogens is 4. The first kappa shape index (κ1) is 17.8. The highest BCUT2D eigenvalue weighted by Crippen LogP contribution is 2.42. The lowest BCUT2D eigenvalue weighted by Crippen LogP contribution is -2.35. The Kier molecular flexibility index (Phi) is 4.67. The van der Waals surface area contributed by atoms with E-state index in [0.29, 0.717) is 17.3 Å². The number of halogens is 4. The Morgan fingerprint density at radius 3 is 2.50 bits per heavy atom. The van der Waals surface area contributed by atoms with Gasteiger partial charge in [0.2, 0.25) is 5.28 Å². The van der Waals surface area contributed by atoms with Crippen LogP contribution in [0.1, 0.15) is 19.8 Å². The Bertz CT molecular complexity index is 962. The Balaban J connectivity index is 2.03. The second kappa shape index (κ2) is 6.83. The predicted molar refractivity (Wildman–Crippen MR) is 102 cm³/mol. The Hall–Kier alpha value is -1.63. The van der Waals surface area contributed by atoms with Crippen LogP contribution >= 0.6 is 34.8 Å². The van der Waals surface area contributed by atoms with E-state index in [-0.39, 0.29) is 26.8 Å². The van der Waals surface area contributed by atoms with Gasteiger partial charge in [0.05, 0.1) is 10.6 Å². The maximum absolute atomic E-state index is 14.7. The van der Waals surface area contributed by atoms with Crippen LogP contribution < -0.4 is 4.90 Å². The van der Waals surface area contributed by atoms with Gasteiger partial charge in [-0.25, -0.2) is 4.39 Å². The molecule has 1 fully saturated rings. The van der Waals surface area contributed by atoms with Gasteiger partial charge in [-0.3, -0.25) is 0 Å². The predicted octanol–water partition coefficient (Wildman–Crippen LogP) is 5.13. The highest BCUT2D eigenvalue weighted by molar-refractivity contribution is 6.36. The summed E-state index contributed by atoms with van der Waals surface area (Å²) in [5.41, 5.74) is 0.604.